The number of hydrogen-bond donors (Lipinski definition) is 8. The maximum absolute atomic E-state index is 9.99. The van der Waals surface area contributed by atoms with Gasteiger partial charge in [-0.3, -0.25) is 19.2 Å². The summed E-state index contributed by atoms with van der Waals surface area (Å²) in [6.45, 7) is 4.56. The molecule has 1 heterocycles. The molecule has 1 aliphatic rings. The summed E-state index contributed by atoms with van der Waals surface area (Å²) in [7, 11) is 0. The number of carboxylic acids is 4. The van der Waals surface area contributed by atoms with Gasteiger partial charge in [-0.1, -0.05) is 0 Å². The minimum Gasteiger partial charge on any atom is -0.481 e. The van der Waals surface area contributed by atoms with E-state index in [2.05, 4.69) is 10.6 Å². The summed E-state index contributed by atoms with van der Waals surface area (Å²) in [5.74, 6) is -4.39. The molecular formula is C14H28N4O8. The number of carboxylic acid groups (broad SMARTS) is 4. The van der Waals surface area contributed by atoms with Gasteiger partial charge in [-0.25, -0.2) is 0 Å². The van der Waals surface area contributed by atoms with Crippen molar-refractivity contribution in [2.75, 3.05) is 26.2 Å². The zero-order chi connectivity index (χ0) is 20.5. The lowest BCUT2D eigenvalue weighted by atomic mass is 10.2. The highest BCUT2D eigenvalue weighted by Gasteiger charge is 2.12. The summed E-state index contributed by atoms with van der Waals surface area (Å²) >= 11 is 0. The monoisotopic (exact) mass is 380 g/mol. The zero-order valence-electron chi connectivity index (χ0n) is 14.4. The fraction of sp³-hybridized carbons (Fsp3) is 0.714. The third-order valence-electron chi connectivity index (χ3n) is 2.93. The second-order valence-electron chi connectivity index (χ2n) is 5.25. The van der Waals surface area contributed by atoms with Crippen molar-refractivity contribution in [3.8, 4) is 0 Å². The summed E-state index contributed by atoms with van der Waals surface area (Å²) in [6, 6.07) is -2.12. The van der Waals surface area contributed by atoms with Gasteiger partial charge in [-0.2, -0.15) is 0 Å². The van der Waals surface area contributed by atoms with E-state index in [1.807, 2.05) is 0 Å². The Labute approximate surface area is 150 Å². The van der Waals surface area contributed by atoms with Gasteiger partial charge in [0, 0.05) is 39.0 Å². The molecule has 12 heteroatoms. The summed E-state index contributed by atoms with van der Waals surface area (Å²) in [5.41, 5.74) is 10.0. The average Bonchev–Trinajstić information content (AvgIpc) is 2.59. The molecule has 0 spiro atoms. The Bertz CT molecular complexity index is 397. The van der Waals surface area contributed by atoms with Crippen LogP contribution < -0.4 is 22.1 Å². The van der Waals surface area contributed by atoms with Crippen LogP contribution in [0.1, 0.15) is 25.7 Å². The van der Waals surface area contributed by atoms with Crippen LogP contribution in [0, 0.1) is 0 Å². The number of aliphatic carboxylic acids is 4. The first-order valence-corrected chi connectivity index (χ1v) is 7.89. The molecule has 0 bridgehead atoms. The van der Waals surface area contributed by atoms with Gasteiger partial charge in [0.1, 0.15) is 12.1 Å². The molecule has 0 amide bonds. The highest BCUT2D eigenvalue weighted by atomic mass is 16.4. The van der Waals surface area contributed by atoms with Crippen molar-refractivity contribution in [3.05, 3.63) is 0 Å². The molecule has 0 unspecified atom stereocenters. The summed E-state index contributed by atoms with van der Waals surface area (Å²) in [4.78, 5) is 39.7. The smallest absolute Gasteiger partial charge is 0.320 e. The second kappa shape index (κ2) is 16.2. The Morgan fingerprint density at radius 3 is 1.12 bits per heavy atom. The highest BCUT2D eigenvalue weighted by molar-refractivity contribution is 5.75. The van der Waals surface area contributed by atoms with E-state index in [1.165, 1.54) is 0 Å². The van der Waals surface area contributed by atoms with E-state index >= 15 is 0 Å². The van der Waals surface area contributed by atoms with E-state index in [1.54, 1.807) is 0 Å². The molecule has 0 aromatic heterocycles. The first-order chi connectivity index (χ1) is 12.1. The molecule has 1 fully saturated rings. The quantitative estimate of drug-likeness (QED) is 0.222. The van der Waals surface area contributed by atoms with Crippen LogP contribution >= 0.6 is 0 Å². The first-order valence-electron chi connectivity index (χ1n) is 7.89. The maximum Gasteiger partial charge on any atom is 0.320 e. The molecule has 26 heavy (non-hydrogen) atoms. The molecule has 0 aromatic rings. The Hall–Kier alpha value is -2.28. The number of carbonyl (C=O) groups is 4. The van der Waals surface area contributed by atoms with Crippen LogP contribution in [0.2, 0.25) is 0 Å². The third kappa shape index (κ3) is 19.8. The van der Waals surface area contributed by atoms with Crippen molar-refractivity contribution in [3.63, 3.8) is 0 Å². The molecule has 1 saturated heterocycles. The Morgan fingerprint density at radius 2 is 0.962 bits per heavy atom. The number of piperazine rings is 1. The van der Waals surface area contributed by atoms with Gasteiger partial charge in [0.25, 0.3) is 0 Å². The van der Waals surface area contributed by atoms with Gasteiger partial charge in [-0.15, -0.1) is 0 Å². The lowest BCUT2D eigenvalue weighted by molar-refractivity contribution is -0.141. The minimum atomic E-state index is -1.17. The van der Waals surface area contributed by atoms with Crippen molar-refractivity contribution in [1.29, 1.82) is 0 Å². The zero-order valence-corrected chi connectivity index (χ0v) is 14.4. The highest BCUT2D eigenvalue weighted by Crippen LogP contribution is 1.94. The second-order valence-corrected chi connectivity index (χ2v) is 5.25. The number of rotatable bonds is 8. The van der Waals surface area contributed by atoms with E-state index in [9.17, 15) is 19.2 Å². The van der Waals surface area contributed by atoms with Crippen LogP contribution in [0.4, 0.5) is 0 Å². The molecule has 10 N–H and O–H groups in total. The van der Waals surface area contributed by atoms with Crippen molar-refractivity contribution in [2.45, 2.75) is 37.8 Å². The van der Waals surface area contributed by atoms with Gasteiger partial charge in [0.15, 0.2) is 0 Å². The average molecular weight is 380 g/mol. The Balaban J connectivity index is 0. The SMILES string of the molecule is C1CNCCN1.N[C@@H](CCC(=O)O)C(=O)O.N[C@@H](CCC(=O)O)C(=O)O. The van der Waals surface area contributed by atoms with Crippen molar-refractivity contribution >= 4 is 23.9 Å². The van der Waals surface area contributed by atoms with Crippen molar-refractivity contribution < 1.29 is 39.6 Å². The topological polar surface area (TPSA) is 225 Å². The molecule has 12 nitrogen and oxygen atoms in total. The fourth-order valence-corrected chi connectivity index (χ4v) is 1.41. The van der Waals surface area contributed by atoms with Crippen LogP contribution in [0.25, 0.3) is 0 Å². The van der Waals surface area contributed by atoms with Gasteiger partial charge in [0.2, 0.25) is 0 Å². The molecule has 0 aliphatic carbocycles. The lowest BCUT2D eigenvalue weighted by Crippen LogP contribution is -2.39. The van der Waals surface area contributed by atoms with E-state index in [-0.39, 0.29) is 25.7 Å². The van der Waals surface area contributed by atoms with Crippen molar-refractivity contribution in [1.82, 2.24) is 10.6 Å². The molecule has 1 aliphatic heterocycles. The lowest BCUT2D eigenvalue weighted by Gasteiger charge is -2.11. The Kier molecular flexibility index (Phi) is 16.2. The number of hydrogen-bond acceptors (Lipinski definition) is 8. The summed E-state index contributed by atoms with van der Waals surface area (Å²) in [6.07, 6.45) is -0.448. The molecule has 1 rings (SSSR count). The normalized spacial score (nSPS) is 15.2. The maximum atomic E-state index is 9.99. The predicted molar refractivity (Wildman–Crippen MR) is 90.7 cm³/mol. The van der Waals surface area contributed by atoms with Gasteiger partial charge in [-0.05, 0) is 12.8 Å². The summed E-state index contributed by atoms with van der Waals surface area (Å²) < 4.78 is 0. The van der Waals surface area contributed by atoms with Gasteiger partial charge >= 0.3 is 23.9 Å². The molecule has 0 aromatic carbocycles. The van der Waals surface area contributed by atoms with E-state index in [0.29, 0.717) is 0 Å². The van der Waals surface area contributed by atoms with Crippen LogP contribution in [0.3, 0.4) is 0 Å². The standard InChI is InChI=1S/2C5H9NO4.C4H10N2/c2*6-3(5(9)10)1-2-4(7)8;1-2-6-4-3-5-1/h2*3H,1-2,6H2,(H,7,8)(H,9,10);5-6H,1-4H2/t2*3-;/m00./s1. The van der Waals surface area contributed by atoms with Crippen LogP contribution in [-0.2, 0) is 19.2 Å². The van der Waals surface area contributed by atoms with Crippen LogP contribution in [0.5, 0.6) is 0 Å². The molecule has 0 radical (unpaired) electrons. The largest absolute Gasteiger partial charge is 0.481 e. The van der Waals surface area contributed by atoms with Gasteiger partial charge in [0.05, 0.1) is 0 Å². The molecule has 2 atom stereocenters. The Morgan fingerprint density at radius 1 is 0.692 bits per heavy atom. The minimum absolute atomic E-state index is 0.0231. The third-order valence-corrected chi connectivity index (χ3v) is 2.93. The first kappa shape index (κ1) is 26.0. The van der Waals surface area contributed by atoms with Crippen LogP contribution in [0.15, 0.2) is 0 Å². The summed E-state index contributed by atoms with van der Waals surface area (Å²) in [5, 5.41) is 39.0. The number of nitrogens with two attached hydrogens (primary N) is 2. The van der Waals surface area contributed by atoms with Crippen LogP contribution in [-0.4, -0.2) is 82.6 Å². The van der Waals surface area contributed by atoms with Gasteiger partial charge < -0.3 is 42.5 Å². The van der Waals surface area contributed by atoms with E-state index in [0.717, 1.165) is 26.2 Å². The fourth-order valence-electron chi connectivity index (χ4n) is 1.41. The van der Waals surface area contributed by atoms with E-state index in [4.69, 9.17) is 31.9 Å². The predicted octanol–water partition coefficient (Wildman–Crippen LogP) is -2.29. The van der Waals surface area contributed by atoms with Crippen molar-refractivity contribution in [2.24, 2.45) is 11.5 Å². The molecule has 152 valence electrons. The molecular weight excluding hydrogens is 352 g/mol. The van der Waals surface area contributed by atoms with E-state index < -0.39 is 36.0 Å². The molecule has 0 saturated carbocycles. The number of nitrogens with one attached hydrogen (secondary N) is 2.